The number of fused-ring (bicyclic) bond motifs is 3. The monoisotopic (exact) mass is 346 g/mol. The Balaban J connectivity index is 2.11. The van der Waals surface area contributed by atoms with E-state index in [2.05, 4.69) is 40.3 Å². The van der Waals surface area contributed by atoms with Gasteiger partial charge in [0.2, 0.25) is 0 Å². The molecular weight excluding hydrogens is 312 g/mol. The summed E-state index contributed by atoms with van der Waals surface area (Å²) in [5.74, 6) is 0.705. The van der Waals surface area contributed by atoms with Crippen molar-refractivity contribution in [3.63, 3.8) is 0 Å². The minimum atomic E-state index is -0.608. The summed E-state index contributed by atoms with van der Waals surface area (Å²) >= 11 is 0. The van der Waals surface area contributed by atoms with Crippen LogP contribution in [-0.2, 0) is 9.53 Å². The number of rotatable bonds is 2. The maximum atomic E-state index is 11.8. The van der Waals surface area contributed by atoms with E-state index in [1.165, 1.54) is 18.9 Å². The molecule has 1 N–H and O–H groups in total. The predicted octanol–water partition coefficient (Wildman–Crippen LogP) is 4.51. The van der Waals surface area contributed by atoms with Gasteiger partial charge in [-0.1, -0.05) is 52.8 Å². The van der Waals surface area contributed by atoms with E-state index in [0.29, 0.717) is 5.92 Å². The molecule has 0 spiro atoms. The van der Waals surface area contributed by atoms with Gasteiger partial charge in [0.1, 0.15) is 6.10 Å². The van der Waals surface area contributed by atoms with Crippen molar-refractivity contribution in [1.82, 2.24) is 0 Å². The van der Waals surface area contributed by atoms with Gasteiger partial charge < -0.3 is 9.84 Å². The first-order valence-corrected chi connectivity index (χ1v) is 9.81. The number of carbonyl (C=O) groups excluding carboxylic acids is 1. The Morgan fingerprint density at radius 3 is 2.64 bits per heavy atom. The van der Waals surface area contributed by atoms with Crippen molar-refractivity contribution in [2.24, 2.45) is 34.5 Å². The third-order valence-electron chi connectivity index (χ3n) is 7.71. The molecule has 0 aromatic carbocycles. The van der Waals surface area contributed by atoms with Gasteiger partial charge in [-0.25, -0.2) is 0 Å². The topological polar surface area (TPSA) is 46.5 Å². The smallest absolute Gasteiger partial charge is 0.303 e. The van der Waals surface area contributed by atoms with Crippen LogP contribution in [0.1, 0.15) is 60.3 Å². The van der Waals surface area contributed by atoms with Crippen molar-refractivity contribution in [3.05, 3.63) is 24.3 Å². The van der Waals surface area contributed by atoms with Crippen molar-refractivity contribution >= 4 is 5.97 Å². The highest BCUT2D eigenvalue weighted by Crippen LogP contribution is 2.64. The number of hydrogen-bond donors (Lipinski definition) is 1. The molecule has 0 amide bonds. The number of aliphatic hydroxyl groups is 1. The van der Waals surface area contributed by atoms with Crippen LogP contribution in [0.5, 0.6) is 0 Å². The molecule has 3 nitrogen and oxygen atoms in total. The number of esters is 1. The molecule has 2 saturated carbocycles. The Morgan fingerprint density at radius 2 is 2.04 bits per heavy atom. The second-order valence-corrected chi connectivity index (χ2v) is 9.51. The highest BCUT2D eigenvalue weighted by molar-refractivity contribution is 5.66. The molecule has 0 heterocycles. The summed E-state index contributed by atoms with van der Waals surface area (Å²) in [6.45, 7) is 14.6. The van der Waals surface area contributed by atoms with E-state index in [1.807, 2.05) is 6.08 Å². The fourth-order valence-electron chi connectivity index (χ4n) is 6.80. The fraction of sp³-hybridized carbons (Fsp3) is 0.773. The van der Waals surface area contributed by atoms with Crippen LogP contribution in [0.2, 0.25) is 0 Å². The van der Waals surface area contributed by atoms with Gasteiger partial charge in [0.15, 0.2) is 0 Å². The molecule has 3 aliphatic rings. The quantitative estimate of drug-likeness (QED) is 0.748. The van der Waals surface area contributed by atoms with Crippen molar-refractivity contribution in [2.45, 2.75) is 72.5 Å². The minimum Gasteiger partial charge on any atom is -0.459 e. The van der Waals surface area contributed by atoms with E-state index in [-0.39, 0.29) is 34.6 Å². The van der Waals surface area contributed by atoms with E-state index < -0.39 is 12.2 Å². The first kappa shape index (κ1) is 18.7. The summed E-state index contributed by atoms with van der Waals surface area (Å²) in [4.78, 5) is 11.8. The molecule has 3 aliphatic carbocycles. The molecule has 0 aromatic rings. The lowest BCUT2D eigenvalue weighted by atomic mass is 9.42. The van der Waals surface area contributed by atoms with Gasteiger partial charge in [-0.05, 0) is 53.4 Å². The molecular formula is C22H34O3. The molecule has 0 saturated heterocycles. The number of ether oxygens (including phenoxy) is 1. The molecule has 2 fully saturated rings. The lowest BCUT2D eigenvalue weighted by Crippen LogP contribution is -2.65. The van der Waals surface area contributed by atoms with Gasteiger partial charge in [-0.15, -0.1) is 0 Å². The van der Waals surface area contributed by atoms with E-state index in [9.17, 15) is 9.90 Å². The van der Waals surface area contributed by atoms with Gasteiger partial charge in [-0.2, -0.15) is 0 Å². The van der Waals surface area contributed by atoms with E-state index >= 15 is 0 Å². The zero-order valence-corrected chi connectivity index (χ0v) is 16.4. The average molecular weight is 347 g/mol. The highest BCUT2D eigenvalue weighted by atomic mass is 16.6. The molecule has 7 atom stereocenters. The Morgan fingerprint density at radius 1 is 1.36 bits per heavy atom. The molecule has 3 heteroatoms. The first-order valence-electron chi connectivity index (χ1n) is 9.81. The number of aliphatic hydroxyl groups excluding tert-OH is 1. The van der Waals surface area contributed by atoms with Crippen molar-refractivity contribution < 1.29 is 14.6 Å². The van der Waals surface area contributed by atoms with E-state index in [0.717, 1.165) is 19.3 Å². The van der Waals surface area contributed by atoms with Crippen LogP contribution < -0.4 is 0 Å². The van der Waals surface area contributed by atoms with Crippen LogP contribution in [0.3, 0.4) is 0 Å². The SMILES string of the molecule is C=CC1=CC[C@H]2[C@@H]([C@@H](O)[C@H](OC(C)=O)[C@H]3C(C)(C)CCC[C@]23C)[C@H]1C. The summed E-state index contributed by atoms with van der Waals surface area (Å²) in [7, 11) is 0. The normalized spacial score (nSPS) is 45.6. The second-order valence-electron chi connectivity index (χ2n) is 9.51. The molecule has 0 unspecified atom stereocenters. The molecule has 3 rings (SSSR count). The second kappa shape index (κ2) is 6.26. The lowest BCUT2D eigenvalue weighted by Gasteiger charge is -2.64. The molecule has 25 heavy (non-hydrogen) atoms. The summed E-state index contributed by atoms with van der Waals surface area (Å²) in [5, 5.41) is 11.3. The van der Waals surface area contributed by atoms with Crippen LogP contribution in [-0.4, -0.2) is 23.3 Å². The zero-order chi connectivity index (χ0) is 18.6. The van der Waals surface area contributed by atoms with E-state index in [1.54, 1.807) is 0 Å². The van der Waals surface area contributed by atoms with Crippen LogP contribution in [0.25, 0.3) is 0 Å². The Hall–Kier alpha value is -1.09. The zero-order valence-electron chi connectivity index (χ0n) is 16.4. The van der Waals surface area contributed by atoms with Gasteiger partial charge in [0.05, 0.1) is 6.10 Å². The highest BCUT2D eigenvalue weighted by Gasteiger charge is 2.63. The first-order chi connectivity index (χ1) is 11.6. The Bertz CT molecular complexity index is 590. The standard InChI is InChI=1S/C22H34O3/c1-7-15-9-10-16-17(13(15)2)18(24)19(25-14(3)23)20-21(4,5)11-8-12-22(16,20)6/h7,9,13,16-20,24H,1,8,10-12H2,2-6H3/t13-,16-,17-,18+,19-,20-,22+/m0/s1. The number of hydrogen-bond acceptors (Lipinski definition) is 3. The summed E-state index contributed by atoms with van der Waals surface area (Å²) in [6, 6.07) is 0. The molecule has 140 valence electrons. The molecule has 0 aromatic heterocycles. The Labute approximate surface area is 152 Å². The molecule has 0 radical (unpaired) electrons. The molecule has 0 bridgehead atoms. The maximum Gasteiger partial charge on any atom is 0.303 e. The van der Waals surface area contributed by atoms with E-state index in [4.69, 9.17) is 4.74 Å². The van der Waals surface area contributed by atoms with Crippen LogP contribution in [0.15, 0.2) is 24.3 Å². The Kier molecular flexibility index (Phi) is 4.68. The lowest BCUT2D eigenvalue weighted by molar-refractivity contribution is -0.230. The predicted molar refractivity (Wildman–Crippen MR) is 99.8 cm³/mol. The van der Waals surface area contributed by atoms with Gasteiger partial charge in [-0.3, -0.25) is 4.79 Å². The van der Waals surface area contributed by atoms with Crippen LogP contribution >= 0.6 is 0 Å². The van der Waals surface area contributed by atoms with Gasteiger partial charge in [0.25, 0.3) is 0 Å². The largest absolute Gasteiger partial charge is 0.459 e. The third kappa shape index (κ3) is 2.79. The van der Waals surface area contributed by atoms with Crippen molar-refractivity contribution in [1.29, 1.82) is 0 Å². The summed E-state index contributed by atoms with van der Waals surface area (Å²) in [6.07, 6.45) is 7.69. The maximum absolute atomic E-state index is 11.8. The summed E-state index contributed by atoms with van der Waals surface area (Å²) < 4.78 is 5.81. The van der Waals surface area contributed by atoms with Crippen molar-refractivity contribution in [2.75, 3.05) is 0 Å². The number of allylic oxidation sites excluding steroid dienone is 3. The van der Waals surface area contributed by atoms with Crippen LogP contribution in [0.4, 0.5) is 0 Å². The van der Waals surface area contributed by atoms with Gasteiger partial charge in [0, 0.05) is 12.8 Å². The third-order valence-corrected chi connectivity index (χ3v) is 7.71. The van der Waals surface area contributed by atoms with Crippen molar-refractivity contribution in [3.8, 4) is 0 Å². The average Bonchev–Trinajstić information content (AvgIpc) is 2.50. The molecule has 0 aliphatic heterocycles. The fourth-order valence-corrected chi connectivity index (χ4v) is 6.80. The number of carbonyl (C=O) groups is 1. The van der Waals surface area contributed by atoms with Gasteiger partial charge >= 0.3 is 5.97 Å². The van der Waals surface area contributed by atoms with Crippen LogP contribution in [0, 0.1) is 34.5 Å². The summed E-state index contributed by atoms with van der Waals surface area (Å²) in [5.41, 5.74) is 1.37. The minimum absolute atomic E-state index is 0.0603.